The maximum atomic E-state index is 12.8. The third-order valence-corrected chi connectivity index (χ3v) is 4.81. The largest absolute Gasteiger partial charge is 0.480 e. The van der Waals surface area contributed by atoms with E-state index in [2.05, 4.69) is 16.0 Å². The number of carbonyl (C=O) groups is 4. The monoisotopic (exact) mass is 450 g/mol. The van der Waals surface area contributed by atoms with Crippen LogP contribution in [0.4, 0.5) is 0 Å². The quantitative estimate of drug-likeness (QED) is 0.157. The Bertz CT molecular complexity index is 589. The molecule has 0 aliphatic rings. The van der Waals surface area contributed by atoms with Crippen molar-refractivity contribution in [2.75, 3.05) is 18.6 Å². The molecule has 3 amide bonds. The molecule has 11 nitrogen and oxygen atoms in total. The summed E-state index contributed by atoms with van der Waals surface area (Å²) in [5.41, 5.74) is 5.48. The van der Waals surface area contributed by atoms with Gasteiger partial charge in [0.2, 0.25) is 17.7 Å². The van der Waals surface area contributed by atoms with Gasteiger partial charge in [0.1, 0.15) is 18.1 Å². The van der Waals surface area contributed by atoms with E-state index < -0.39 is 60.6 Å². The Balaban J connectivity index is 5.40. The Morgan fingerprint density at radius 1 is 0.967 bits per heavy atom. The van der Waals surface area contributed by atoms with Gasteiger partial charge in [0.05, 0.1) is 12.7 Å². The zero-order valence-corrected chi connectivity index (χ0v) is 18.6. The van der Waals surface area contributed by atoms with Crippen LogP contribution in [0.2, 0.25) is 0 Å². The average Bonchev–Trinajstić information content (AvgIpc) is 2.66. The first-order chi connectivity index (χ1) is 13.9. The van der Waals surface area contributed by atoms with Crippen molar-refractivity contribution in [1.82, 2.24) is 16.0 Å². The lowest BCUT2D eigenvalue weighted by molar-refractivity contribution is -0.145. The van der Waals surface area contributed by atoms with Crippen molar-refractivity contribution in [3.05, 3.63) is 0 Å². The zero-order chi connectivity index (χ0) is 23.4. The number of carboxylic acid groups (broad SMARTS) is 1. The van der Waals surface area contributed by atoms with Crippen LogP contribution in [0.25, 0.3) is 0 Å². The van der Waals surface area contributed by atoms with Crippen LogP contribution >= 0.6 is 11.8 Å². The molecule has 0 heterocycles. The highest BCUT2D eigenvalue weighted by molar-refractivity contribution is 7.98. The average molecular weight is 451 g/mol. The van der Waals surface area contributed by atoms with Gasteiger partial charge >= 0.3 is 5.97 Å². The number of thioether (sulfide) groups is 1. The number of nitrogens with two attached hydrogens (primary N) is 1. The molecular formula is C18H34N4O7S. The van der Waals surface area contributed by atoms with Crippen molar-refractivity contribution < 1.29 is 34.5 Å². The fraction of sp³-hybridized carbons (Fsp3) is 0.778. The molecule has 5 atom stereocenters. The lowest BCUT2D eigenvalue weighted by Crippen LogP contribution is -2.58. The van der Waals surface area contributed by atoms with Crippen LogP contribution in [0.3, 0.4) is 0 Å². The summed E-state index contributed by atoms with van der Waals surface area (Å²) >= 11 is 1.45. The fourth-order valence-electron chi connectivity index (χ4n) is 2.48. The van der Waals surface area contributed by atoms with Crippen LogP contribution < -0.4 is 21.7 Å². The molecule has 30 heavy (non-hydrogen) atoms. The summed E-state index contributed by atoms with van der Waals surface area (Å²) in [5, 5.41) is 35.0. The summed E-state index contributed by atoms with van der Waals surface area (Å²) in [4.78, 5) is 48.6. The maximum Gasteiger partial charge on any atom is 0.328 e. The number of carboxylic acids is 1. The molecule has 0 aromatic rings. The van der Waals surface area contributed by atoms with Gasteiger partial charge in [-0.2, -0.15) is 11.8 Å². The first kappa shape index (κ1) is 28.1. The van der Waals surface area contributed by atoms with Crippen LogP contribution in [0.1, 0.15) is 33.6 Å². The van der Waals surface area contributed by atoms with Crippen LogP contribution in [-0.4, -0.2) is 87.9 Å². The first-order valence-electron chi connectivity index (χ1n) is 9.61. The van der Waals surface area contributed by atoms with E-state index in [4.69, 9.17) is 15.9 Å². The molecule has 0 aliphatic heterocycles. The minimum Gasteiger partial charge on any atom is -0.480 e. The van der Waals surface area contributed by atoms with Crippen molar-refractivity contribution in [2.24, 2.45) is 11.7 Å². The number of nitrogens with one attached hydrogen (secondary N) is 3. The summed E-state index contributed by atoms with van der Waals surface area (Å²) in [5.74, 6) is -2.98. The van der Waals surface area contributed by atoms with E-state index in [1.165, 1.54) is 18.7 Å². The van der Waals surface area contributed by atoms with Crippen LogP contribution in [0, 0.1) is 5.92 Å². The Hall–Kier alpha value is -1.89. The molecule has 8 N–H and O–H groups in total. The number of carbonyl (C=O) groups excluding carboxylic acids is 3. The zero-order valence-electron chi connectivity index (χ0n) is 17.8. The molecule has 0 aliphatic carbocycles. The smallest absolute Gasteiger partial charge is 0.328 e. The minimum absolute atomic E-state index is 0.0158. The van der Waals surface area contributed by atoms with E-state index in [1.807, 2.05) is 20.1 Å². The van der Waals surface area contributed by atoms with Crippen LogP contribution in [-0.2, 0) is 19.2 Å². The normalized spacial score (nSPS) is 16.1. The lowest BCUT2D eigenvalue weighted by Gasteiger charge is -2.26. The van der Waals surface area contributed by atoms with Crippen molar-refractivity contribution >= 4 is 35.5 Å². The van der Waals surface area contributed by atoms with E-state index in [-0.39, 0.29) is 18.8 Å². The van der Waals surface area contributed by atoms with Gasteiger partial charge in [0, 0.05) is 0 Å². The molecule has 0 spiro atoms. The summed E-state index contributed by atoms with van der Waals surface area (Å²) in [6, 6.07) is -4.78. The molecule has 0 bridgehead atoms. The number of amides is 3. The third-order valence-electron chi connectivity index (χ3n) is 4.16. The van der Waals surface area contributed by atoms with Crippen molar-refractivity contribution in [2.45, 2.75) is 63.9 Å². The topological polar surface area (TPSA) is 191 Å². The molecule has 0 saturated carbocycles. The highest BCUT2D eigenvalue weighted by Crippen LogP contribution is 2.08. The number of aliphatic hydroxyl groups is 2. The molecule has 0 aromatic heterocycles. The molecule has 0 aromatic carbocycles. The molecule has 0 radical (unpaired) electrons. The van der Waals surface area contributed by atoms with E-state index in [9.17, 15) is 24.3 Å². The van der Waals surface area contributed by atoms with Crippen molar-refractivity contribution in [1.29, 1.82) is 0 Å². The van der Waals surface area contributed by atoms with Crippen LogP contribution in [0.15, 0.2) is 0 Å². The number of aliphatic hydroxyl groups excluding tert-OH is 2. The Labute approximate surface area is 180 Å². The van der Waals surface area contributed by atoms with Gasteiger partial charge in [-0.3, -0.25) is 14.4 Å². The second kappa shape index (κ2) is 14.2. The summed E-state index contributed by atoms with van der Waals surface area (Å²) in [6.45, 7) is 4.29. The van der Waals surface area contributed by atoms with E-state index in [0.29, 0.717) is 5.75 Å². The molecule has 12 heteroatoms. The summed E-state index contributed by atoms with van der Waals surface area (Å²) in [6.07, 6.45) is 0.963. The summed E-state index contributed by atoms with van der Waals surface area (Å²) in [7, 11) is 0. The minimum atomic E-state index is -1.53. The second-order valence-electron chi connectivity index (χ2n) is 7.39. The Kier molecular flexibility index (Phi) is 13.3. The maximum absolute atomic E-state index is 12.8. The molecule has 0 saturated heterocycles. The van der Waals surface area contributed by atoms with Gasteiger partial charge in [-0.25, -0.2) is 4.79 Å². The van der Waals surface area contributed by atoms with Crippen LogP contribution in [0.5, 0.6) is 0 Å². The third kappa shape index (κ3) is 10.2. The predicted molar refractivity (Wildman–Crippen MR) is 113 cm³/mol. The molecule has 0 fully saturated rings. The number of hydrogen-bond donors (Lipinski definition) is 7. The van der Waals surface area contributed by atoms with Crippen molar-refractivity contribution in [3.63, 3.8) is 0 Å². The van der Waals surface area contributed by atoms with Crippen molar-refractivity contribution in [3.8, 4) is 0 Å². The lowest BCUT2D eigenvalue weighted by atomic mass is 10.0. The first-order valence-corrected chi connectivity index (χ1v) is 11.0. The number of rotatable bonds is 14. The predicted octanol–water partition coefficient (Wildman–Crippen LogP) is -1.97. The molecule has 0 rings (SSSR count). The fourth-order valence-corrected chi connectivity index (χ4v) is 2.96. The van der Waals surface area contributed by atoms with Gasteiger partial charge in [0.25, 0.3) is 0 Å². The number of hydrogen-bond acceptors (Lipinski definition) is 8. The SMILES string of the molecule is CSCCC(NC(=O)C(N)CO)C(=O)NC(CC(C)C)C(=O)NC(C(=O)O)C(C)O. The molecule has 174 valence electrons. The van der Waals surface area contributed by atoms with Gasteiger partial charge in [-0.15, -0.1) is 0 Å². The van der Waals surface area contributed by atoms with Gasteiger partial charge in [-0.05, 0) is 37.7 Å². The highest BCUT2D eigenvalue weighted by atomic mass is 32.2. The molecular weight excluding hydrogens is 416 g/mol. The summed E-state index contributed by atoms with van der Waals surface area (Å²) < 4.78 is 0. The highest BCUT2D eigenvalue weighted by Gasteiger charge is 2.32. The van der Waals surface area contributed by atoms with E-state index in [0.717, 1.165) is 0 Å². The van der Waals surface area contributed by atoms with E-state index >= 15 is 0 Å². The standard InChI is InChI=1S/C18H34N4O7S/c1-9(2)7-13(17(27)22-14(10(3)24)18(28)29)21-16(26)12(5-6-30-4)20-15(25)11(19)8-23/h9-14,23-24H,5-8,19H2,1-4H3,(H,20,25)(H,21,26)(H,22,27)(H,28,29). The van der Waals surface area contributed by atoms with Gasteiger partial charge < -0.3 is 37.0 Å². The van der Waals surface area contributed by atoms with E-state index in [1.54, 1.807) is 0 Å². The Morgan fingerprint density at radius 2 is 1.50 bits per heavy atom. The Morgan fingerprint density at radius 3 is 1.93 bits per heavy atom. The second-order valence-corrected chi connectivity index (χ2v) is 8.37. The van der Waals surface area contributed by atoms with Gasteiger partial charge in [-0.1, -0.05) is 13.8 Å². The molecule has 5 unspecified atom stereocenters. The number of aliphatic carboxylic acids is 1. The van der Waals surface area contributed by atoms with Gasteiger partial charge in [0.15, 0.2) is 6.04 Å².